The molecule has 3 aromatic rings. The summed E-state index contributed by atoms with van der Waals surface area (Å²) in [4.78, 5) is 39.1. The standard InChI is InChI=1S/C25H23N3O6/c1-15(34-20-8-6-16-4-2-3-5-17(16)10-20)24(30)26-27-25(31)18-11-23(29)28(13-18)19-7-9-21-22(12-19)33-14-32-21/h2-10,12,15,18H,11,13-14H2,1H3,(H,26,30)(H,27,31)/t15-,18-/m0/s1. The highest BCUT2D eigenvalue weighted by Gasteiger charge is 2.36. The third-order valence-corrected chi connectivity index (χ3v) is 5.88. The van der Waals surface area contributed by atoms with Crippen LogP contribution in [0.4, 0.5) is 5.69 Å². The highest BCUT2D eigenvalue weighted by atomic mass is 16.7. The molecule has 34 heavy (non-hydrogen) atoms. The fourth-order valence-corrected chi connectivity index (χ4v) is 4.01. The molecule has 0 aromatic heterocycles. The molecular weight excluding hydrogens is 438 g/mol. The lowest BCUT2D eigenvalue weighted by atomic mass is 10.1. The quantitative estimate of drug-likeness (QED) is 0.566. The Hall–Kier alpha value is -4.27. The Balaban J connectivity index is 1.14. The number of hydrogen-bond donors (Lipinski definition) is 2. The van der Waals surface area contributed by atoms with Gasteiger partial charge in [0.2, 0.25) is 18.6 Å². The SMILES string of the molecule is C[C@H](Oc1ccc2ccccc2c1)C(=O)NNC(=O)[C@H]1CC(=O)N(c2ccc3c(c2)OCO3)C1. The van der Waals surface area contributed by atoms with Gasteiger partial charge in [-0.2, -0.15) is 0 Å². The molecule has 2 aliphatic rings. The molecule has 3 aromatic carbocycles. The van der Waals surface area contributed by atoms with E-state index in [2.05, 4.69) is 10.9 Å². The summed E-state index contributed by atoms with van der Waals surface area (Å²) >= 11 is 0. The van der Waals surface area contributed by atoms with Crippen LogP contribution in [0.25, 0.3) is 10.8 Å². The van der Waals surface area contributed by atoms with Gasteiger partial charge >= 0.3 is 0 Å². The van der Waals surface area contributed by atoms with E-state index >= 15 is 0 Å². The van der Waals surface area contributed by atoms with Crippen LogP contribution in [-0.4, -0.2) is 37.2 Å². The van der Waals surface area contributed by atoms with Gasteiger partial charge in [0.15, 0.2) is 17.6 Å². The van der Waals surface area contributed by atoms with Gasteiger partial charge in [0.05, 0.1) is 5.92 Å². The molecule has 9 heteroatoms. The van der Waals surface area contributed by atoms with E-state index in [-0.39, 0.29) is 25.7 Å². The molecule has 0 saturated carbocycles. The van der Waals surface area contributed by atoms with E-state index in [1.807, 2.05) is 36.4 Å². The molecule has 0 bridgehead atoms. The van der Waals surface area contributed by atoms with Gasteiger partial charge in [0.1, 0.15) is 5.75 Å². The van der Waals surface area contributed by atoms with Crippen LogP contribution in [0.5, 0.6) is 17.2 Å². The predicted molar refractivity (Wildman–Crippen MR) is 123 cm³/mol. The summed E-state index contributed by atoms with van der Waals surface area (Å²) in [5.41, 5.74) is 5.43. The molecule has 0 radical (unpaired) electrons. The van der Waals surface area contributed by atoms with Crippen molar-refractivity contribution in [3.8, 4) is 17.2 Å². The number of benzene rings is 3. The lowest BCUT2D eigenvalue weighted by Gasteiger charge is -2.18. The van der Waals surface area contributed by atoms with Crippen molar-refractivity contribution in [2.75, 3.05) is 18.2 Å². The molecule has 174 valence electrons. The molecule has 0 spiro atoms. The Morgan fingerprint density at radius 2 is 1.79 bits per heavy atom. The number of hydrogen-bond acceptors (Lipinski definition) is 6. The maximum Gasteiger partial charge on any atom is 0.279 e. The molecule has 0 unspecified atom stereocenters. The first kappa shape index (κ1) is 21.6. The predicted octanol–water partition coefficient (Wildman–Crippen LogP) is 2.54. The molecule has 2 heterocycles. The number of nitrogens with zero attached hydrogens (tertiary/aromatic N) is 1. The van der Waals surface area contributed by atoms with Gasteiger partial charge in [0.25, 0.3) is 5.91 Å². The second-order valence-electron chi connectivity index (χ2n) is 8.19. The molecule has 2 atom stereocenters. The van der Waals surface area contributed by atoms with Gasteiger partial charge in [-0.1, -0.05) is 30.3 Å². The molecule has 1 fully saturated rings. The summed E-state index contributed by atoms with van der Waals surface area (Å²) in [6.07, 6.45) is -0.795. The topological polar surface area (TPSA) is 106 Å². The van der Waals surface area contributed by atoms with Crippen molar-refractivity contribution in [3.63, 3.8) is 0 Å². The maximum absolute atomic E-state index is 12.6. The number of anilines is 1. The average Bonchev–Trinajstić information content (AvgIpc) is 3.48. The number of ether oxygens (including phenoxy) is 3. The van der Waals surface area contributed by atoms with Crippen molar-refractivity contribution in [3.05, 3.63) is 60.7 Å². The van der Waals surface area contributed by atoms with Crippen LogP contribution in [0, 0.1) is 5.92 Å². The van der Waals surface area contributed by atoms with E-state index in [4.69, 9.17) is 14.2 Å². The van der Waals surface area contributed by atoms with E-state index in [1.165, 1.54) is 4.90 Å². The molecule has 5 rings (SSSR count). The summed E-state index contributed by atoms with van der Waals surface area (Å²) in [6, 6.07) is 18.6. The van der Waals surface area contributed by atoms with Crippen molar-refractivity contribution in [1.82, 2.24) is 10.9 Å². The second kappa shape index (κ2) is 8.93. The first-order valence-corrected chi connectivity index (χ1v) is 10.9. The molecular formula is C25H23N3O6. The third kappa shape index (κ3) is 4.32. The number of fused-ring (bicyclic) bond motifs is 2. The van der Waals surface area contributed by atoms with Gasteiger partial charge in [-0.25, -0.2) is 0 Å². The van der Waals surface area contributed by atoms with Gasteiger partial charge in [0, 0.05) is 24.7 Å². The van der Waals surface area contributed by atoms with Crippen LogP contribution >= 0.6 is 0 Å². The summed E-state index contributed by atoms with van der Waals surface area (Å²) < 4.78 is 16.4. The minimum atomic E-state index is -0.836. The Labute approximate surface area is 195 Å². The number of nitrogens with one attached hydrogen (secondary N) is 2. The molecule has 1 saturated heterocycles. The molecule has 0 aliphatic carbocycles. The monoisotopic (exact) mass is 461 g/mol. The second-order valence-corrected chi connectivity index (χ2v) is 8.19. The van der Waals surface area contributed by atoms with Gasteiger partial charge in [-0.3, -0.25) is 25.2 Å². The number of rotatable bonds is 5. The number of hydrazine groups is 1. The number of carbonyl (C=O) groups excluding carboxylic acids is 3. The number of amides is 3. The van der Waals surface area contributed by atoms with E-state index < -0.39 is 23.8 Å². The van der Waals surface area contributed by atoms with Gasteiger partial charge in [-0.15, -0.1) is 0 Å². The van der Waals surface area contributed by atoms with Crippen molar-refractivity contribution in [2.45, 2.75) is 19.4 Å². The van der Waals surface area contributed by atoms with Crippen molar-refractivity contribution in [2.24, 2.45) is 5.92 Å². The van der Waals surface area contributed by atoms with Gasteiger partial charge in [-0.05, 0) is 42.0 Å². The zero-order chi connectivity index (χ0) is 23.7. The highest BCUT2D eigenvalue weighted by Crippen LogP contribution is 2.37. The van der Waals surface area contributed by atoms with Crippen LogP contribution in [0.15, 0.2) is 60.7 Å². The van der Waals surface area contributed by atoms with E-state index in [9.17, 15) is 14.4 Å². The van der Waals surface area contributed by atoms with Crippen LogP contribution < -0.4 is 30.0 Å². The van der Waals surface area contributed by atoms with Crippen molar-refractivity contribution >= 4 is 34.2 Å². The zero-order valence-corrected chi connectivity index (χ0v) is 18.4. The molecule has 2 N–H and O–H groups in total. The lowest BCUT2D eigenvalue weighted by molar-refractivity contribution is -0.134. The van der Waals surface area contributed by atoms with E-state index in [1.54, 1.807) is 31.2 Å². The Morgan fingerprint density at radius 3 is 2.65 bits per heavy atom. The van der Waals surface area contributed by atoms with Crippen LogP contribution in [-0.2, 0) is 14.4 Å². The number of carbonyl (C=O) groups is 3. The van der Waals surface area contributed by atoms with Crippen LogP contribution in [0.2, 0.25) is 0 Å². The van der Waals surface area contributed by atoms with E-state index in [0.29, 0.717) is 22.9 Å². The Kier molecular flexibility index (Phi) is 5.67. The highest BCUT2D eigenvalue weighted by molar-refractivity contribution is 6.00. The van der Waals surface area contributed by atoms with Crippen LogP contribution in [0.3, 0.4) is 0 Å². The smallest absolute Gasteiger partial charge is 0.279 e. The first-order chi connectivity index (χ1) is 16.5. The maximum atomic E-state index is 12.6. The Morgan fingerprint density at radius 1 is 1.00 bits per heavy atom. The summed E-state index contributed by atoms with van der Waals surface area (Å²) in [6.45, 7) is 1.93. The fourth-order valence-electron chi connectivity index (χ4n) is 4.01. The summed E-state index contributed by atoms with van der Waals surface area (Å²) in [5, 5.41) is 2.07. The summed E-state index contributed by atoms with van der Waals surface area (Å²) in [7, 11) is 0. The van der Waals surface area contributed by atoms with Crippen molar-refractivity contribution in [1.29, 1.82) is 0 Å². The zero-order valence-electron chi connectivity index (χ0n) is 18.4. The van der Waals surface area contributed by atoms with E-state index in [0.717, 1.165) is 10.8 Å². The fraction of sp³-hybridized carbons (Fsp3) is 0.240. The molecule has 9 nitrogen and oxygen atoms in total. The van der Waals surface area contributed by atoms with Crippen molar-refractivity contribution < 1.29 is 28.6 Å². The first-order valence-electron chi connectivity index (χ1n) is 10.9. The summed E-state index contributed by atoms with van der Waals surface area (Å²) in [5.74, 6) is 0.00122. The van der Waals surface area contributed by atoms with Crippen LogP contribution in [0.1, 0.15) is 13.3 Å². The Bertz CT molecular complexity index is 1280. The normalized spacial score (nSPS) is 17.5. The minimum absolute atomic E-state index is 0.0410. The molecule has 2 aliphatic heterocycles. The largest absolute Gasteiger partial charge is 0.481 e. The average molecular weight is 461 g/mol. The lowest BCUT2D eigenvalue weighted by Crippen LogP contribution is -2.49. The third-order valence-electron chi connectivity index (χ3n) is 5.88. The molecule has 3 amide bonds. The van der Waals surface area contributed by atoms with Gasteiger partial charge < -0.3 is 19.1 Å². The minimum Gasteiger partial charge on any atom is -0.481 e.